The van der Waals surface area contributed by atoms with Crippen LogP contribution < -0.4 is 10.7 Å². The van der Waals surface area contributed by atoms with E-state index in [1.54, 1.807) is 31.2 Å². The molecule has 2 amide bonds. The molecule has 6 nitrogen and oxygen atoms in total. The maximum atomic E-state index is 12.3. The summed E-state index contributed by atoms with van der Waals surface area (Å²) in [6, 6.07) is 16.4. The summed E-state index contributed by atoms with van der Waals surface area (Å²) < 4.78 is 0. The molecule has 0 unspecified atom stereocenters. The summed E-state index contributed by atoms with van der Waals surface area (Å²) in [5.74, 6) is -0.219. The monoisotopic (exact) mass is 380 g/mol. The van der Waals surface area contributed by atoms with Crippen molar-refractivity contribution in [3.05, 3.63) is 71.4 Å². The predicted octanol–water partition coefficient (Wildman–Crippen LogP) is 4.02. The smallest absolute Gasteiger partial charge is 0.271 e. The van der Waals surface area contributed by atoms with E-state index in [1.165, 1.54) is 6.20 Å². The average molecular weight is 381 g/mol. The van der Waals surface area contributed by atoms with Crippen LogP contribution in [0.4, 0.5) is 5.82 Å². The van der Waals surface area contributed by atoms with E-state index >= 15 is 0 Å². The fraction of sp³-hybridized carbons (Fsp3) is 0.100. The van der Waals surface area contributed by atoms with Crippen LogP contribution in [-0.2, 0) is 4.79 Å². The molecule has 0 radical (unpaired) electrons. The predicted molar refractivity (Wildman–Crippen MR) is 107 cm³/mol. The second-order valence-corrected chi connectivity index (χ2v) is 6.37. The minimum atomic E-state index is -0.333. The molecule has 7 heteroatoms. The molecule has 1 aromatic heterocycles. The third-order valence-electron chi connectivity index (χ3n) is 3.77. The molecule has 0 bridgehead atoms. The Morgan fingerprint density at radius 1 is 1.07 bits per heavy atom. The molecule has 2 N–H and O–H groups in total. The van der Waals surface area contributed by atoms with E-state index in [4.69, 9.17) is 11.6 Å². The highest BCUT2D eigenvalue weighted by atomic mass is 35.5. The number of carbonyl (C=O) groups is 2. The second kappa shape index (κ2) is 8.42. The van der Waals surface area contributed by atoms with Crippen LogP contribution in [0.1, 0.15) is 23.7 Å². The first-order valence-corrected chi connectivity index (χ1v) is 8.63. The van der Waals surface area contributed by atoms with E-state index in [0.717, 1.165) is 10.8 Å². The molecule has 2 aromatic carbocycles. The van der Waals surface area contributed by atoms with E-state index in [0.29, 0.717) is 22.1 Å². The fourth-order valence-corrected chi connectivity index (χ4v) is 2.56. The second-order valence-electron chi connectivity index (χ2n) is 5.94. The number of hydrazone groups is 1. The molecule has 0 aliphatic rings. The number of amides is 2. The molecule has 1 heterocycles. The number of carbonyl (C=O) groups excluding carboxylic acids is 2. The van der Waals surface area contributed by atoms with Crippen molar-refractivity contribution in [3.63, 3.8) is 0 Å². The van der Waals surface area contributed by atoms with E-state index < -0.39 is 0 Å². The van der Waals surface area contributed by atoms with Crippen LogP contribution in [0, 0.1) is 0 Å². The summed E-state index contributed by atoms with van der Waals surface area (Å²) >= 11 is 5.75. The SMILES string of the molecule is C/C(CC(=O)Nc1ccc(Cl)cn1)=N/NC(=O)c1ccc2ccccc2c1. The Morgan fingerprint density at radius 2 is 1.85 bits per heavy atom. The van der Waals surface area contributed by atoms with Gasteiger partial charge in [0.2, 0.25) is 5.91 Å². The van der Waals surface area contributed by atoms with Gasteiger partial charge in [-0.25, -0.2) is 10.4 Å². The molecular formula is C20H17ClN4O2. The summed E-state index contributed by atoms with van der Waals surface area (Å²) in [5.41, 5.74) is 3.44. The molecule has 0 aliphatic carbocycles. The van der Waals surface area contributed by atoms with Gasteiger partial charge in [-0.15, -0.1) is 0 Å². The molecule has 0 saturated carbocycles. The fourth-order valence-electron chi connectivity index (χ4n) is 2.45. The lowest BCUT2D eigenvalue weighted by Gasteiger charge is -2.05. The molecule has 0 atom stereocenters. The number of benzene rings is 2. The number of fused-ring (bicyclic) bond motifs is 1. The Morgan fingerprint density at radius 3 is 2.59 bits per heavy atom. The van der Waals surface area contributed by atoms with Crippen molar-refractivity contribution in [2.45, 2.75) is 13.3 Å². The van der Waals surface area contributed by atoms with Crippen LogP contribution in [0.5, 0.6) is 0 Å². The van der Waals surface area contributed by atoms with Gasteiger partial charge < -0.3 is 5.32 Å². The van der Waals surface area contributed by atoms with Gasteiger partial charge in [-0.1, -0.05) is 41.9 Å². The van der Waals surface area contributed by atoms with Crippen molar-refractivity contribution < 1.29 is 9.59 Å². The van der Waals surface area contributed by atoms with E-state index in [1.807, 2.05) is 30.3 Å². The van der Waals surface area contributed by atoms with E-state index in [2.05, 4.69) is 20.8 Å². The van der Waals surface area contributed by atoms with E-state index in [-0.39, 0.29) is 18.2 Å². The van der Waals surface area contributed by atoms with Gasteiger partial charge in [0.25, 0.3) is 5.91 Å². The number of anilines is 1. The van der Waals surface area contributed by atoms with Gasteiger partial charge in [0.15, 0.2) is 0 Å². The molecular weight excluding hydrogens is 364 g/mol. The number of rotatable bonds is 5. The first-order chi connectivity index (χ1) is 13.0. The summed E-state index contributed by atoms with van der Waals surface area (Å²) in [6.45, 7) is 1.66. The number of halogens is 1. The van der Waals surface area contributed by atoms with Gasteiger partial charge in [0.05, 0.1) is 11.4 Å². The number of nitrogens with one attached hydrogen (secondary N) is 2. The van der Waals surface area contributed by atoms with Crippen LogP contribution in [0.2, 0.25) is 5.02 Å². The van der Waals surface area contributed by atoms with Crippen LogP contribution in [0.15, 0.2) is 65.9 Å². The Labute approximate surface area is 161 Å². The quantitative estimate of drug-likeness (QED) is 0.518. The van der Waals surface area contributed by atoms with Crippen molar-refractivity contribution in [1.82, 2.24) is 10.4 Å². The molecule has 136 valence electrons. The number of hydrogen-bond donors (Lipinski definition) is 2. The third kappa shape index (κ3) is 5.12. The molecule has 3 aromatic rings. The van der Waals surface area contributed by atoms with Gasteiger partial charge in [0, 0.05) is 17.5 Å². The highest BCUT2D eigenvalue weighted by Crippen LogP contribution is 2.15. The number of aromatic nitrogens is 1. The van der Waals surface area contributed by atoms with Gasteiger partial charge in [0.1, 0.15) is 5.82 Å². The number of hydrogen-bond acceptors (Lipinski definition) is 4. The Hall–Kier alpha value is -3.25. The van der Waals surface area contributed by atoms with Crippen molar-refractivity contribution >= 4 is 45.7 Å². The lowest BCUT2D eigenvalue weighted by molar-refractivity contribution is -0.115. The largest absolute Gasteiger partial charge is 0.310 e. The Kier molecular flexibility index (Phi) is 5.78. The molecule has 3 rings (SSSR count). The lowest BCUT2D eigenvalue weighted by atomic mass is 10.1. The van der Waals surface area contributed by atoms with Crippen molar-refractivity contribution in [2.75, 3.05) is 5.32 Å². The zero-order chi connectivity index (χ0) is 19.2. The first kappa shape index (κ1) is 18.5. The highest BCUT2D eigenvalue weighted by molar-refractivity contribution is 6.30. The summed E-state index contributed by atoms with van der Waals surface area (Å²) in [4.78, 5) is 28.2. The number of nitrogens with zero attached hydrogens (tertiary/aromatic N) is 2. The summed E-state index contributed by atoms with van der Waals surface area (Å²) in [5, 5.41) is 9.15. The average Bonchev–Trinajstić information content (AvgIpc) is 2.67. The van der Waals surface area contributed by atoms with Gasteiger partial charge in [-0.3, -0.25) is 9.59 Å². The van der Waals surface area contributed by atoms with Crippen LogP contribution in [0.3, 0.4) is 0 Å². The van der Waals surface area contributed by atoms with E-state index in [9.17, 15) is 9.59 Å². The van der Waals surface area contributed by atoms with Crippen molar-refractivity contribution in [3.8, 4) is 0 Å². The zero-order valence-electron chi connectivity index (χ0n) is 14.6. The lowest BCUT2D eigenvalue weighted by Crippen LogP contribution is -2.21. The van der Waals surface area contributed by atoms with Crippen molar-refractivity contribution in [2.24, 2.45) is 5.10 Å². The Balaban J connectivity index is 1.57. The first-order valence-electron chi connectivity index (χ1n) is 8.25. The maximum Gasteiger partial charge on any atom is 0.271 e. The molecule has 0 aliphatic heterocycles. The minimum Gasteiger partial charge on any atom is -0.310 e. The van der Waals surface area contributed by atoms with Gasteiger partial charge in [-0.05, 0) is 42.0 Å². The van der Waals surface area contributed by atoms with Crippen molar-refractivity contribution in [1.29, 1.82) is 0 Å². The molecule has 0 fully saturated rings. The standard InChI is InChI=1S/C20H17ClN4O2/c1-13(10-19(26)23-18-9-8-17(21)12-22-18)24-25-20(27)16-7-6-14-4-2-3-5-15(14)11-16/h2-9,11-12H,10H2,1H3,(H,25,27)(H,22,23,26)/b24-13-. The van der Waals surface area contributed by atoms with Gasteiger partial charge in [-0.2, -0.15) is 5.10 Å². The third-order valence-corrected chi connectivity index (χ3v) is 3.99. The summed E-state index contributed by atoms with van der Waals surface area (Å²) in [7, 11) is 0. The minimum absolute atomic E-state index is 0.0301. The van der Waals surface area contributed by atoms with Crippen LogP contribution in [-0.4, -0.2) is 22.5 Å². The normalized spacial score (nSPS) is 11.3. The maximum absolute atomic E-state index is 12.3. The summed E-state index contributed by atoms with van der Waals surface area (Å²) in [6.07, 6.45) is 1.48. The van der Waals surface area contributed by atoms with Crippen LogP contribution >= 0.6 is 11.6 Å². The highest BCUT2D eigenvalue weighted by Gasteiger charge is 2.08. The van der Waals surface area contributed by atoms with Crippen LogP contribution in [0.25, 0.3) is 10.8 Å². The molecule has 0 saturated heterocycles. The zero-order valence-corrected chi connectivity index (χ0v) is 15.3. The topological polar surface area (TPSA) is 83.4 Å². The van der Waals surface area contributed by atoms with Gasteiger partial charge >= 0.3 is 0 Å². The molecule has 27 heavy (non-hydrogen) atoms. The molecule has 0 spiro atoms. The Bertz CT molecular complexity index is 1020. The number of pyridine rings is 1.